The maximum Gasteiger partial charge on any atom is 0.183 e. The van der Waals surface area contributed by atoms with Crippen LogP contribution in [-0.4, -0.2) is 25.3 Å². The zero-order valence-corrected chi connectivity index (χ0v) is 13.4. The van der Waals surface area contributed by atoms with E-state index in [1.54, 1.807) is 26.2 Å². The average molecular weight is 319 g/mol. The number of benzene rings is 1. The van der Waals surface area contributed by atoms with Crippen LogP contribution in [0.25, 0.3) is 21.8 Å². The first kappa shape index (κ1) is 14.6. The van der Waals surface area contributed by atoms with E-state index in [1.165, 1.54) is 0 Å². The number of aromatic amines is 1. The predicted octanol–water partition coefficient (Wildman–Crippen LogP) is 3.48. The summed E-state index contributed by atoms with van der Waals surface area (Å²) >= 11 is 0. The molecule has 0 saturated carbocycles. The Labute approximate surface area is 138 Å². The van der Waals surface area contributed by atoms with Gasteiger partial charge < -0.3 is 10.4 Å². The first-order valence-corrected chi connectivity index (χ1v) is 7.70. The van der Waals surface area contributed by atoms with Crippen molar-refractivity contribution in [3.05, 3.63) is 54.5 Å². The van der Waals surface area contributed by atoms with Crippen molar-refractivity contribution in [2.45, 2.75) is 19.4 Å². The number of nitrogens with zero attached hydrogens (tertiary/aromatic N) is 3. The van der Waals surface area contributed by atoms with E-state index in [1.807, 2.05) is 36.4 Å². The van der Waals surface area contributed by atoms with E-state index in [-0.39, 0.29) is 0 Å². The van der Waals surface area contributed by atoms with E-state index in [4.69, 9.17) is 0 Å². The quantitative estimate of drug-likeness (QED) is 0.538. The van der Waals surface area contributed by atoms with Crippen LogP contribution >= 0.6 is 0 Å². The maximum absolute atomic E-state index is 10.3. The van der Waals surface area contributed by atoms with Gasteiger partial charge >= 0.3 is 0 Å². The number of hydrogen-bond donors (Lipinski definition) is 3. The summed E-state index contributed by atoms with van der Waals surface area (Å²) in [4.78, 5) is 8.54. The topological polar surface area (TPSA) is 86.7 Å². The highest BCUT2D eigenvalue weighted by molar-refractivity contribution is 5.92. The molecule has 24 heavy (non-hydrogen) atoms. The average Bonchev–Trinajstić information content (AvgIpc) is 2.96. The van der Waals surface area contributed by atoms with Gasteiger partial charge in [-0.2, -0.15) is 5.10 Å². The van der Waals surface area contributed by atoms with Crippen LogP contribution in [0.2, 0.25) is 0 Å². The number of fused-ring (bicyclic) bond motifs is 2. The lowest BCUT2D eigenvalue weighted by atomic mass is 9.98. The largest absolute Gasteiger partial charge is 0.384 e. The second-order valence-electron chi connectivity index (χ2n) is 6.25. The molecular weight excluding hydrogens is 302 g/mol. The Balaban J connectivity index is 1.76. The van der Waals surface area contributed by atoms with Crippen LogP contribution in [0.4, 0.5) is 11.5 Å². The Morgan fingerprint density at radius 3 is 2.75 bits per heavy atom. The van der Waals surface area contributed by atoms with E-state index >= 15 is 0 Å². The fourth-order valence-corrected chi connectivity index (χ4v) is 2.83. The van der Waals surface area contributed by atoms with E-state index in [0.717, 1.165) is 27.7 Å². The van der Waals surface area contributed by atoms with Gasteiger partial charge in [-0.1, -0.05) is 6.07 Å². The van der Waals surface area contributed by atoms with Crippen molar-refractivity contribution in [1.29, 1.82) is 0 Å². The van der Waals surface area contributed by atoms with Gasteiger partial charge in [-0.15, -0.1) is 0 Å². The number of pyridine rings is 2. The summed E-state index contributed by atoms with van der Waals surface area (Å²) in [6, 6.07) is 11.7. The van der Waals surface area contributed by atoms with Crippen LogP contribution in [0.3, 0.4) is 0 Å². The van der Waals surface area contributed by atoms with E-state index < -0.39 is 5.60 Å². The summed E-state index contributed by atoms with van der Waals surface area (Å²) in [6.45, 7) is 3.48. The zero-order valence-electron chi connectivity index (χ0n) is 13.4. The van der Waals surface area contributed by atoms with Crippen molar-refractivity contribution in [2.24, 2.45) is 0 Å². The number of aliphatic hydroxyl groups is 1. The molecule has 1 aromatic carbocycles. The summed E-state index contributed by atoms with van der Waals surface area (Å²) in [5, 5.41) is 23.7. The Morgan fingerprint density at radius 1 is 1.04 bits per heavy atom. The minimum atomic E-state index is -0.986. The normalized spacial score (nSPS) is 12.0. The third-order valence-electron chi connectivity index (χ3n) is 3.94. The summed E-state index contributed by atoms with van der Waals surface area (Å²) in [6.07, 6.45) is 3.43. The standard InChI is InChI=1S/C18H17N5O/c1-18(2,24)15-13-6-5-12(10-11(13)7-9-19-15)21-17-14-4-3-8-20-16(14)22-23-17/h3-10,24H,1-2H3,(H2,20,21,22,23). The summed E-state index contributed by atoms with van der Waals surface area (Å²) < 4.78 is 0. The van der Waals surface area contributed by atoms with Crippen molar-refractivity contribution < 1.29 is 5.11 Å². The van der Waals surface area contributed by atoms with Crippen molar-refractivity contribution >= 4 is 33.3 Å². The number of H-pyrrole nitrogens is 1. The molecule has 6 heteroatoms. The monoisotopic (exact) mass is 319 g/mol. The molecule has 3 N–H and O–H groups in total. The lowest BCUT2D eigenvalue weighted by Crippen LogP contribution is -2.17. The van der Waals surface area contributed by atoms with Crippen LogP contribution in [0, 0.1) is 0 Å². The molecule has 6 nitrogen and oxygen atoms in total. The molecule has 4 aromatic rings. The second kappa shape index (κ2) is 5.28. The lowest BCUT2D eigenvalue weighted by molar-refractivity contribution is 0.0756. The first-order chi connectivity index (χ1) is 11.5. The Morgan fingerprint density at radius 2 is 1.92 bits per heavy atom. The van der Waals surface area contributed by atoms with Gasteiger partial charge in [-0.3, -0.25) is 10.1 Å². The molecule has 0 amide bonds. The van der Waals surface area contributed by atoms with Gasteiger partial charge in [-0.05, 0) is 49.6 Å². The number of aromatic nitrogens is 4. The molecule has 0 fully saturated rings. The smallest absolute Gasteiger partial charge is 0.183 e. The first-order valence-electron chi connectivity index (χ1n) is 7.70. The molecule has 0 saturated heterocycles. The van der Waals surface area contributed by atoms with Gasteiger partial charge in [-0.25, -0.2) is 4.98 Å². The molecule has 120 valence electrons. The molecule has 3 heterocycles. The molecule has 0 spiro atoms. The molecule has 0 bridgehead atoms. The van der Waals surface area contributed by atoms with Gasteiger partial charge in [0.05, 0.1) is 11.1 Å². The molecule has 0 aliphatic heterocycles. The van der Waals surface area contributed by atoms with Crippen molar-refractivity contribution in [1.82, 2.24) is 20.2 Å². The molecule has 3 aromatic heterocycles. The van der Waals surface area contributed by atoms with Gasteiger partial charge in [0, 0.05) is 23.5 Å². The van der Waals surface area contributed by atoms with Crippen LogP contribution in [0.5, 0.6) is 0 Å². The SMILES string of the molecule is CC(C)(O)c1nccc2cc(Nc3[nH]nc4ncccc34)ccc12. The molecular formula is C18H17N5O. The highest BCUT2D eigenvalue weighted by Crippen LogP contribution is 2.29. The number of hydrogen-bond acceptors (Lipinski definition) is 5. The zero-order chi connectivity index (χ0) is 16.7. The van der Waals surface area contributed by atoms with Gasteiger partial charge in [0.2, 0.25) is 0 Å². The van der Waals surface area contributed by atoms with Gasteiger partial charge in [0.1, 0.15) is 11.4 Å². The minimum Gasteiger partial charge on any atom is -0.384 e. The number of anilines is 2. The third-order valence-corrected chi connectivity index (χ3v) is 3.94. The molecule has 0 aliphatic rings. The lowest BCUT2D eigenvalue weighted by Gasteiger charge is -2.19. The van der Waals surface area contributed by atoms with Crippen molar-refractivity contribution in [2.75, 3.05) is 5.32 Å². The van der Waals surface area contributed by atoms with E-state index in [2.05, 4.69) is 25.5 Å². The third kappa shape index (κ3) is 2.47. The molecule has 0 atom stereocenters. The highest BCUT2D eigenvalue weighted by Gasteiger charge is 2.20. The van der Waals surface area contributed by atoms with Crippen molar-refractivity contribution in [3.8, 4) is 0 Å². The van der Waals surface area contributed by atoms with E-state index in [0.29, 0.717) is 11.3 Å². The fourth-order valence-electron chi connectivity index (χ4n) is 2.83. The van der Waals surface area contributed by atoms with Crippen molar-refractivity contribution in [3.63, 3.8) is 0 Å². The van der Waals surface area contributed by atoms with Gasteiger partial charge in [0.15, 0.2) is 5.65 Å². The number of rotatable bonds is 3. The summed E-state index contributed by atoms with van der Waals surface area (Å²) in [5.74, 6) is 0.800. The van der Waals surface area contributed by atoms with Crippen LogP contribution in [-0.2, 0) is 5.60 Å². The molecule has 4 rings (SSSR count). The van der Waals surface area contributed by atoms with Gasteiger partial charge in [0.25, 0.3) is 0 Å². The minimum absolute atomic E-state index is 0.669. The highest BCUT2D eigenvalue weighted by atomic mass is 16.3. The Bertz CT molecular complexity index is 1030. The maximum atomic E-state index is 10.3. The summed E-state index contributed by atoms with van der Waals surface area (Å²) in [7, 11) is 0. The number of nitrogens with one attached hydrogen (secondary N) is 2. The van der Waals surface area contributed by atoms with Crippen LogP contribution in [0.15, 0.2) is 48.8 Å². The van der Waals surface area contributed by atoms with Crippen LogP contribution < -0.4 is 5.32 Å². The molecule has 0 radical (unpaired) electrons. The second-order valence-corrected chi connectivity index (χ2v) is 6.25. The van der Waals surface area contributed by atoms with Crippen LogP contribution in [0.1, 0.15) is 19.5 Å². The Hall–Kier alpha value is -2.99. The fraction of sp³-hybridized carbons (Fsp3) is 0.167. The Kier molecular flexibility index (Phi) is 3.21. The molecule has 0 unspecified atom stereocenters. The van der Waals surface area contributed by atoms with E-state index in [9.17, 15) is 5.11 Å². The molecule has 0 aliphatic carbocycles. The summed E-state index contributed by atoms with van der Waals surface area (Å²) in [5.41, 5.74) is 1.28. The predicted molar refractivity (Wildman–Crippen MR) is 94.2 cm³/mol.